The molecule has 0 fully saturated rings. The lowest BCUT2D eigenvalue weighted by atomic mass is 10.2. The van der Waals surface area contributed by atoms with Crippen LogP contribution < -0.4 is 20.1 Å². The Morgan fingerprint density at radius 3 is 2.52 bits per heavy atom. The van der Waals surface area contributed by atoms with Crippen LogP contribution in [-0.2, 0) is 4.79 Å². The van der Waals surface area contributed by atoms with Crippen molar-refractivity contribution in [2.45, 2.75) is 0 Å². The number of hydrogen-bond acceptors (Lipinski definition) is 5. The molecule has 1 aromatic heterocycles. The average Bonchev–Trinajstić information content (AvgIpc) is 3.30. The fraction of sp³-hybridized carbons (Fsp3) is 0.130. The molecule has 0 radical (unpaired) electrons. The Labute approximate surface area is 184 Å². The van der Waals surface area contributed by atoms with Crippen LogP contribution in [0.1, 0.15) is 16.1 Å². The van der Waals surface area contributed by atoms with Crippen molar-refractivity contribution >= 4 is 29.5 Å². The van der Waals surface area contributed by atoms with Gasteiger partial charge in [0.2, 0.25) is 0 Å². The molecule has 0 saturated carbocycles. The standard InChI is InChI=1S/C23H21ClN2O5/c1-29-17-10-8-16(9-11-17)22(27)26-20(15-18-5-4-13-30-18)23(28)25-12-14-31-21-7-3-2-6-19(21)24/h2-11,13,15H,12,14H2,1H3,(H,25,28)(H,26,27)/b20-15-. The predicted octanol–water partition coefficient (Wildman–Crippen LogP) is 3.91. The van der Waals surface area contributed by atoms with Gasteiger partial charge in [-0.2, -0.15) is 0 Å². The number of carbonyl (C=O) groups excluding carboxylic acids is 2. The quantitative estimate of drug-likeness (QED) is 0.389. The molecule has 0 atom stereocenters. The summed E-state index contributed by atoms with van der Waals surface area (Å²) in [7, 11) is 1.54. The zero-order chi connectivity index (χ0) is 22.1. The van der Waals surface area contributed by atoms with Gasteiger partial charge in [-0.25, -0.2) is 0 Å². The molecule has 8 heteroatoms. The van der Waals surface area contributed by atoms with Crippen molar-refractivity contribution in [2.24, 2.45) is 0 Å². The lowest BCUT2D eigenvalue weighted by Crippen LogP contribution is -2.36. The Balaban J connectivity index is 1.63. The third kappa shape index (κ3) is 6.38. The molecule has 7 nitrogen and oxygen atoms in total. The first-order chi connectivity index (χ1) is 15.1. The number of methoxy groups -OCH3 is 1. The third-order valence-electron chi connectivity index (χ3n) is 4.16. The van der Waals surface area contributed by atoms with E-state index in [1.54, 1.807) is 67.8 Å². The summed E-state index contributed by atoms with van der Waals surface area (Å²) in [5.74, 6) is 0.646. The van der Waals surface area contributed by atoms with E-state index in [1.165, 1.54) is 12.3 Å². The first kappa shape index (κ1) is 22.0. The first-order valence-corrected chi connectivity index (χ1v) is 9.81. The highest BCUT2D eigenvalue weighted by molar-refractivity contribution is 6.32. The normalized spacial score (nSPS) is 11.0. The zero-order valence-corrected chi connectivity index (χ0v) is 17.5. The van der Waals surface area contributed by atoms with Crippen LogP contribution in [0.2, 0.25) is 5.02 Å². The molecule has 0 aliphatic heterocycles. The zero-order valence-electron chi connectivity index (χ0n) is 16.8. The minimum atomic E-state index is -0.485. The molecular weight excluding hydrogens is 420 g/mol. The van der Waals surface area contributed by atoms with Crippen LogP contribution in [0.5, 0.6) is 11.5 Å². The van der Waals surface area contributed by atoms with E-state index in [-0.39, 0.29) is 18.8 Å². The highest BCUT2D eigenvalue weighted by Gasteiger charge is 2.15. The number of benzene rings is 2. The maximum atomic E-state index is 12.7. The summed E-state index contributed by atoms with van der Waals surface area (Å²) < 4.78 is 15.9. The van der Waals surface area contributed by atoms with Crippen molar-refractivity contribution in [3.8, 4) is 11.5 Å². The van der Waals surface area contributed by atoms with E-state index in [0.29, 0.717) is 27.8 Å². The van der Waals surface area contributed by atoms with Crippen molar-refractivity contribution in [2.75, 3.05) is 20.3 Å². The smallest absolute Gasteiger partial charge is 0.268 e. The second kappa shape index (κ2) is 10.9. The van der Waals surface area contributed by atoms with Gasteiger partial charge in [-0.3, -0.25) is 9.59 Å². The molecule has 31 heavy (non-hydrogen) atoms. The van der Waals surface area contributed by atoms with Crippen LogP contribution in [0.15, 0.2) is 77.0 Å². The number of ether oxygens (including phenoxy) is 2. The maximum absolute atomic E-state index is 12.7. The number of para-hydroxylation sites is 1. The predicted molar refractivity (Wildman–Crippen MR) is 117 cm³/mol. The van der Waals surface area contributed by atoms with E-state index in [2.05, 4.69) is 10.6 Å². The van der Waals surface area contributed by atoms with Crippen molar-refractivity contribution in [1.82, 2.24) is 10.6 Å². The van der Waals surface area contributed by atoms with Gasteiger partial charge < -0.3 is 24.5 Å². The van der Waals surface area contributed by atoms with Crippen LogP contribution in [0, 0.1) is 0 Å². The van der Waals surface area contributed by atoms with Crippen LogP contribution >= 0.6 is 11.6 Å². The fourth-order valence-corrected chi connectivity index (χ4v) is 2.78. The molecule has 1 heterocycles. The molecule has 0 unspecified atom stereocenters. The number of halogens is 1. The molecule has 160 valence electrons. The Morgan fingerprint density at radius 2 is 1.84 bits per heavy atom. The van der Waals surface area contributed by atoms with Gasteiger partial charge in [-0.05, 0) is 48.5 Å². The molecule has 0 bridgehead atoms. The minimum absolute atomic E-state index is 0.0357. The summed E-state index contributed by atoms with van der Waals surface area (Å²) in [5.41, 5.74) is 0.412. The van der Waals surface area contributed by atoms with E-state index in [9.17, 15) is 9.59 Å². The SMILES string of the molecule is COc1ccc(C(=O)N/C(=C\c2ccco2)C(=O)NCCOc2ccccc2Cl)cc1. The van der Waals surface area contributed by atoms with E-state index in [1.807, 2.05) is 0 Å². The molecule has 2 amide bonds. The Bertz CT molecular complexity index is 1050. The van der Waals surface area contributed by atoms with Gasteiger partial charge in [-0.1, -0.05) is 23.7 Å². The summed E-state index contributed by atoms with van der Waals surface area (Å²) in [6.45, 7) is 0.411. The number of furan rings is 1. The number of rotatable bonds is 9. The first-order valence-electron chi connectivity index (χ1n) is 9.43. The largest absolute Gasteiger partial charge is 0.497 e. The van der Waals surface area contributed by atoms with Crippen LogP contribution in [0.3, 0.4) is 0 Å². The third-order valence-corrected chi connectivity index (χ3v) is 4.47. The van der Waals surface area contributed by atoms with Gasteiger partial charge in [0.15, 0.2) is 0 Å². The lowest BCUT2D eigenvalue weighted by molar-refractivity contribution is -0.117. The van der Waals surface area contributed by atoms with Crippen LogP contribution in [0.25, 0.3) is 6.08 Å². The minimum Gasteiger partial charge on any atom is -0.497 e. The highest BCUT2D eigenvalue weighted by Crippen LogP contribution is 2.22. The van der Waals surface area contributed by atoms with Gasteiger partial charge in [0, 0.05) is 11.6 Å². The Hall–Kier alpha value is -3.71. The maximum Gasteiger partial charge on any atom is 0.268 e. The van der Waals surface area contributed by atoms with E-state index < -0.39 is 11.8 Å². The van der Waals surface area contributed by atoms with E-state index >= 15 is 0 Å². The average molecular weight is 441 g/mol. The number of hydrogen-bond donors (Lipinski definition) is 2. The lowest BCUT2D eigenvalue weighted by Gasteiger charge is -2.12. The summed E-state index contributed by atoms with van der Waals surface area (Å²) in [6.07, 6.45) is 2.93. The van der Waals surface area contributed by atoms with Crippen molar-refractivity contribution < 1.29 is 23.5 Å². The van der Waals surface area contributed by atoms with Gasteiger partial charge in [-0.15, -0.1) is 0 Å². The van der Waals surface area contributed by atoms with E-state index in [4.69, 9.17) is 25.5 Å². The molecular formula is C23H21ClN2O5. The van der Waals surface area contributed by atoms with Gasteiger partial charge in [0.25, 0.3) is 11.8 Å². The van der Waals surface area contributed by atoms with Crippen molar-refractivity contribution in [3.63, 3.8) is 0 Å². The molecule has 0 aliphatic rings. The Kier molecular flexibility index (Phi) is 7.73. The fourth-order valence-electron chi connectivity index (χ4n) is 2.59. The summed E-state index contributed by atoms with van der Waals surface area (Å²) >= 11 is 6.04. The molecule has 0 saturated heterocycles. The second-order valence-electron chi connectivity index (χ2n) is 6.29. The molecule has 3 aromatic rings. The molecule has 2 aromatic carbocycles. The highest BCUT2D eigenvalue weighted by atomic mass is 35.5. The van der Waals surface area contributed by atoms with Gasteiger partial charge >= 0.3 is 0 Å². The molecule has 3 rings (SSSR count). The monoisotopic (exact) mass is 440 g/mol. The van der Waals surface area contributed by atoms with Crippen LogP contribution in [-0.4, -0.2) is 32.1 Å². The van der Waals surface area contributed by atoms with E-state index in [0.717, 1.165) is 0 Å². The Morgan fingerprint density at radius 1 is 1.06 bits per heavy atom. The summed E-state index contributed by atoms with van der Waals surface area (Å²) in [6, 6.07) is 17.0. The van der Waals surface area contributed by atoms with Crippen LogP contribution in [0.4, 0.5) is 0 Å². The molecule has 2 N–H and O–H groups in total. The summed E-state index contributed by atoms with van der Waals surface area (Å²) in [4.78, 5) is 25.3. The number of amides is 2. The number of nitrogens with one attached hydrogen (secondary N) is 2. The molecule has 0 aliphatic carbocycles. The molecule has 0 spiro atoms. The van der Waals surface area contributed by atoms with Crippen molar-refractivity contribution in [3.05, 3.63) is 89.0 Å². The van der Waals surface area contributed by atoms with Gasteiger partial charge in [0.05, 0.1) is 24.9 Å². The topological polar surface area (TPSA) is 89.8 Å². The summed E-state index contributed by atoms with van der Waals surface area (Å²) in [5, 5.41) is 5.82. The van der Waals surface area contributed by atoms with Crippen molar-refractivity contribution in [1.29, 1.82) is 0 Å². The number of carbonyl (C=O) groups is 2. The second-order valence-corrected chi connectivity index (χ2v) is 6.70. The van der Waals surface area contributed by atoms with Gasteiger partial charge in [0.1, 0.15) is 29.6 Å².